The van der Waals surface area contributed by atoms with Crippen molar-refractivity contribution < 1.29 is 18.7 Å². The second kappa shape index (κ2) is 11.5. The number of nitrogens with one attached hydrogen (secondary N) is 4. The van der Waals surface area contributed by atoms with E-state index in [1.807, 2.05) is 0 Å². The van der Waals surface area contributed by atoms with Gasteiger partial charge in [-0.05, 0) is 49.9 Å². The molecule has 5 rings (SSSR count). The molecule has 0 bridgehead atoms. The van der Waals surface area contributed by atoms with Gasteiger partial charge in [-0.3, -0.25) is 9.59 Å². The third-order valence-corrected chi connectivity index (χ3v) is 7.09. The van der Waals surface area contributed by atoms with Crippen LogP contribution in [0.4, 0.5) is 22.0 Å². The number of anilines is 3. The largest absolute Gasteiger partial charge is 0.381 e. The van der Waals surface area contributed by atoms with Crippen molar-refractivity contribution in [1.29, 1.82) is 0 Å². The highest BCUT2D eigenvalue weighted by Gasteiger charge is 2.26. The molecule has 0 aliphatic carbocycles. The summed E-state index contributed by atoms with van der Waals surface area (Å²) < 4.78 is 22.8. The Morgan fingerprint density at radius 3 is 2.69 bits per heavy atom. The van der Waals surface area contributed by atoms with Crippen LogP contribution in [0.1, 0.15) is 60.5 Å². The number of rotatable bonds is 10. The molecule has 1 unspecified atom stereocenters. The van der Waals surface area contributed by atoms with Gasteiger partial charge in [-0.2, -0.15) is 19.6 Å². The van der Waals surface area contributed by atoms with Crippen molar-refractivity contribution in [2.75, 3.05) is 35.7 Å². The topological polar surface area (TPSA) is 135 Å². The minimum atomic E-state index is -0.697. The second-order valence-electron chi connectivity index (χ2n) is 10.1. The average Bonchev–Trinajstić information content (AvgIpc) is 3.32. The highest BCUT2D eigenvalue weighted by molar-refractivity contribution is 6.06. The first kappa shape index (κ1) is 26.7. The Morgan fingerprint density at radius 1 is 1.26 bits per heavy atom. The van der Waals surface area contributed by atoms with Crippen molar-refractivity contribution in [2.45, 2.75) is 57.7 Å². The Hall–Kier alpha value is -3.90. The van der Waals surface area contributed by atoms with Gasteiger partial charge in [0.25, 0.3) is 0 Å². The lowest BCUT2D eigenvalue weighted by atomic mass is 10.0. The molecule has 2 aromatic heterocycles. The minimum absolute atomic E-state index is 0.00185. The molecule has 1 aromatic carbocycles. The van der Waals surface area contributed by atoms with Gasteiger partial charge < -0.3 is 26.0 Å². The van der Waals surface area contributed by atoms with Crippen LogP contribution in [0.15, 0.2) is 31.0 Å². The first-order valence-electron chi connectivity index (χ1n) is 13.2. The highest BCUT2D eigenvalue weighted by Crippen LogP contribution is 2.27. The van der Waals surface area contributed by atoms with E-state index < -0.39 is 11.6 Å². The quantitative estimate of drug-likeness (QED) is 0.227. The molecule has 2 fully saturated rings. The fraction of sp³-hybridized carbons (Fsp3) is 0.444. The fourth-order valence-corrected chi connectivity index (χ4v) is 4.64. The van der Waals surface area contributed by atoms with Gasteiger partial charge in [-0.1, -0.05) is 20.4 Å². The van der Waals surface area contributed by atoms with Crippen molar-refractivity contribution in [2.24, 2.45) is 0 Å². The van der Waals surface area contributed by atoms with Crippen molar-refractivity contribution >= 4 is 34.9 Å². The predicted molar refractivity (Wildman–Crippen MR) is 146 cm³/mol. The van der Waals surface area contributed by atoms with E-state index in [-0.39, 0.29) is 47.3 Å². The standard InChI is InChI=1S/C27H33FN8O3/c1-4-22(37)17-5-6-20(33-25(38)21-7-10-29-21)23(28)19(17)13-30-27-35-26(32-16-8-11-39-12-9-16)34-24-18(15(2)3)14-31-36(24)27/h4-6,14-16,21,29H,1,7-13H2,2-3H3,(H,33,38)(H2,30,32,34,35). The van der Waals surface area contributed by atoms with Crippen LogP contribution in [0.5, 0.6) is 0 Å². The van der Waals surface area contributed by atoms with Gasteiger partial charge >= 0.3 is 0 Å². The molecule has 206 valence electrons. The van der Waals surface area contributed by atoms with Crippen LogP contribution in [-0.4, -0.2) is 63.1 Å². The monoisotopic (exact) mass is 536 g/mol. The number of amides is 1. The van der Waals surface area contributed by atoms with Gasteiger partial charge in [0.15, 0.2) is 17.2 Å². The number of ketones is 1. The summed E-state index contributed by atoms with van der Waals surface area (Å²) >= 11 is 0. The van der Waals surface area contributed by atoms with Crippen molar-refractivity contribution in [3.05, 3.63) is 53.5 Å². The molecule has 39 heavy (non-hydrogen) atoms. The third kappa shape index (κ3) is 5.62. The molecule has 1 amide bonds. The highest BCUT2D eigenvalue weighted by atomic mass is 19.1. The Labute approximate surface area is 225 Å². The maximum atomic E-state index is 15.7. The van der Waals surface area contributed by atoms with Crippen molar-refractivity contribution in [1.82, 2.24) is 24.9 Å². The zero-order valence-corrected chi connectivity index (χ0v) is 22.1. The molecular weight excluding hydrogens is 503 g/mol. The number of hydrogen-bond donors (Lipinski definition) is 4. The molecule has 3 aromatic rings. The SMILES string of the molecule is C=CC(=O)c1ccc(NC(=O)C2CCN2)c(F)c1CNc1nc(NC2CCOCC2)nc2c(C(C)C)cnn12. The normalized spacial score (nSPS) is 17.6. The molecule has 4 heterocycles. The molecule has 4 N–H and O–H groups in total. The minimum Gasteiger partial charge on any atom is -0.381 e. The number of ether oxygens (including phenoxy) is 1. The van der Waals surface area contributed by atoms with Crippen LogP contribution in [0.2, 0.25) is 0 Å². The molecule has 2 aliphatic heterocycles. The number of carbonyl (C=O) groups excluding carboxylic acids is 2. The van der Waals surface area contributed by atoms with E-state index in [4.69, 9.17) is 9.72 Å². The van der Waals surface area contributed by atoms with E-state index in [1.54, 1.807) is 10.7 Å². The zero-order valence-electron chi connectivity index (χ0n) is 22.1. The summed E-state index contributed by atoms with van der Waals surface area (Å²) in [5.41, 5.74) is 1.81. The number of hydrogen-bond acceptors (Lipinski definition) is 9. The number of allylic oxidation sites excluding steroid dienone is 1. The van der Waals surface area contributed by atoms with Gasteiger partial charge in [-0.15, -0.1) is 0 Å². The lowest BCUT2D eigenvalue weighted by molar-refractivity contribution is -0.119. The second-order valence-corrected chi connectivity index (χ2v) is 10.1. The van der Waals surface area contributed by atoms with Crippen LogP contribution in [0, 0.1) is 5.82 Å². The molecule has 12 heteroatoms. The Morgan fingerprint density at radius 2 is 2.03 bits per heavy atom. The van der Waals surface area contributed by atoms with E-state index in [0.29, 0.717) is 37.2 Å². The molecule has 2 saturated heterocycles. The van der Waals surface area contributed by atoms with Gasteiger partial charge in [0.2, 0.25) is 17.8 Å². The van der Waals surface area contributed by atoms with Crippen LogP contribution in [0.25, 0.3) is 5.65 Å². The summed E-state index contributed by atoms with van der Waals surface area (Å²) in [5, 5.41) is 16.6. The summed E-state index contributed by atoms with van der Waals surface area (Å²) in [7, 11) is 0. The van der Waals surface area contributed by atoms with Crippen LogP contribution < -0.4 is 21.3 Å². The maximum Gasteiger partial charge on any atom is 0.241 e. The lowest BCUT2D eigenvalue weighted by Crippen LogP contribution is -2.50. The Balaban J connectivity index is 1.47. The van der Waals surface area contributed by atoms with E-state index in [9.17, 15) is 9.59 Å². The number of nitrogens with zero attached hydrogens (tertiary/aromatic N) is 4. The molecule has 0 radical (unpaired) electrons. The number of carbonyl (C=O) groups is 2. The van der Waals surface area contributed by atoms with E-state index >= 15 is 4.39 Å². The average molecular weight is 537 g/mol. The summed E-state index contributed by atoms with van der Waals surface area (Å²) in [4.78, 5) is 34.4. The molecule has 2 aliphatic rings. The van der Waals surface area contributed by atoms with Crippen molar-refractivity contribution in [3.63, 3.8) is 0 Å². The predicted octanol–water partition coefficient (Wildman–Crippen LogP) is 3.26. The van der Waals surface area contributed by atoms with Crippen LogP contribution >= 0.6 is 0 Å². The van der Waals surface area contributed by atoms with E-state index in [2.05, 4.69) is 51.8 Å². The van der Waals surface area contributed by atoms with E-state index in [1.165, 1.54) is 12.1 Å². The van der Waals surface area contributed by atoms with Gasteiger partial charge in [0.1, 0.15) is 0 Å². The van der Waals surface area contributed by atoms with Crippen LogP contribution in [-0.2, 0) is 16.1 Å². The fourth-order valence-electron chi connectivity index (χ4n) is 4.64. The molecule has 11 nitrogen and oxygen atoms in total. The number of halogens is 1. The summed E-state index contributed by atoms with van der Waals surface area (Å²) in [5.74, 6) is -0.513. The number of aromatic nitrogens is 4. The number of benzene rings is 1. The summed E-state index contributed by atoms with van der Waals surface area (Å²) in [6, 6.07) is 2.70. The Kier molecular flexibility index (Phi) is 7.84. The first-order valence-corrected chi connectivity index (χ1v) is 13.2. The summed E-state index contributed by atoms with van der Waals surface area (Å²) in [6.45, 7) is 9.63. The van der Waals surface area contributed by atoms with Gasteiger partial charge in [0, 0.05) is 42.5 Å². The Bertz CT molecular complexity index is 1400. The first-order chi connectivity index (χ1) is 18.9. The molecular formula is C27H33FN8O3. The number of fused-ring (bicyclic) bond motifs is 1. The van der Waals surface area contributed by atoms with Gasteiger partial charge in [0.05, 0.1) is 17.9 Å². The van der Waals surface area contributed by atoms with Crippen LogP contribution in [0.3, 0.4) is 0 Å². The smallest absolute Gasteiger partial charge is 0.241 e. The molecule has 1 atom stereocenters. The third-order valence-electron chi connectivity index (χ3n) is 7.09. The van der Waals surface area contributed by atoms with Gasteiger partial charge in [-0.25, -0.2) is 4.39 Å². The van der Waals surface area contributed by atoms with Crippen molar-refractivity contribution in [3.8, 4) is 0 Å². The lowest BCUT2D eigenvalue weighted by Gasteiger charge is -2.26. The zero-order chi connectivity index (χ0) is 27.5. The maximum absolute atomic E-state index is 15.7. The summed E-state index contributed by atoms with van der Waals surface area (Å²) in [6.07, 6.45) is 5.23. The van der Waals surface area contributed by atoms with E-state index in [0.717, 1.165) is 31.0 Å². The molecule has 0 saturated carbocycles. The molecule has 0 spiro atoms.